The summed E-state index contributed by atoms with van der Waals surface area (Å²) in [6.07, 6.45) is 1.53. The molecular formula is C24H25N5O3S. The first-order valence-electron chi connectivity index (χ1n) is 10.9. The molecule has 2 heterocycles. The van der Waals surface area contributed by atoms with Crippen molar-refractivity contribution in [3.05, 3.63) is 66.4 Å². The summed E-state index contributed by atoms with van der Waals surface area (Å²) in [5.41, 5.74) is 9.88. The van der Waals surface area contributed by atoms with Crippen LogP contribution in [0.5, 0.6) is 0 Å². The largest absolute Gasteiger partial charge is 0.382 e. The van der Waals surface area contributed by atoms with Crippen LogP contribution in [0.3, 0.4) is 0 Å². The highest BCUT2D eigenvalue weighted by atomic mass is 32.2. The number of nitrogen functional groups attached to an aromatic ring is 1. The number of nitrogens with zero attached hydrogens (tertiary/aromatic N) is 3. The van der Waals surface area contributed by atoms with Gasteiger partial charge >= 0.3 is 0 Å². The van der Waals surface area contributed by atoms with Gasteiger partial charge in [0.1, 0.15) is 5.69 Å². The third kappa shape index (κ3) is 4.64. The molecule has 0 saturated heterocycles. The van der Waals surface area contributed by atoms with E-state index in [0.29, 0.717) is 28.4 Å². The van der Waals surface area contributed by atoms with Crippen LogP contribution < -0.4 is 11.1 Å². The van der Waals surface area contributed by atoms with E-state index in [1.807, 2.05) is 24.3 Å². The Hall–Kier alpha value is -3.56. The van der Waals surface area contributed by atoms with Gasteiger partial charge in [-0.15, -0.1) is 0 Å². The minimum Gasteiger partial charge on any atom is -0.382 e. The predicted molar refractivity (Wildman–Crippen MR) is 128 cm³/mol. The maximum absolute atomic E-state index is 12.4. The molecule has 0 bridgehead atoms. The second-order valence-electron chi connectivity index (χ2n) is 7.74. The molecule has 170 valence electrons. The third-order valence-corrected chi connectivity index (χ3v) is 7.33. The molecule has 1 atom stereocenters. The summed E-state index contributed by atoms with van der Waals surface area (Å²) < 4.78 is 38.2. The van der Waals surface area contributed by atoms with Gasteiger partial charge in [-0.1, -0.05) is 41.6 Å². The van der Waals surface area contributed by atoms with Gasteiger partial charge in [0.05, 0.1) is 22.0 Å². The zero-order valence-corrected chi connectivity index (χ0v) is 19.3. The van der Waals surface area contributed by atoms with Crippen LogP contribution in [-0.2, 0) is 16.4 Å². The van der Waals surface area contributed by atoms with E-state index in [1.54, 1.807) is 51.2 Å². The van der Waals surface area contributed by atoms with Crippen LogP contribution in [0.15, 0.2) is 70.2 Å². The zero-order chi connectivity index (χ0) is 24.5. The number of rotatable bonds is 7. The van der Waals surface area contributed by atoms with Gasteiger partial charge in [-0.25, -0.2) is 18.4 Å². The number of hydrogen-bond donors (Lipinski definition) is 2. The van der Waals surface area contributed by atoms with Gasteiger partial charge in [-0.3, -0.25) is 0 Å². The van der Waals surface area contributed by atoms with Gasteiger partial charge in [-0.05, 0) is 38.6 Å². The molecule has 4 aromatic rings. The molecule has 0 aliphatic heterocycles. The van der Waals surface area contributed by atoms with Crippen molar-refractivity contribution in [2.75, 3.05) is 12.8 Å². The van der Waals surface area contributed by atoms with Crippen LogP contribution in [-0.4, -0.2) is 35.8 Å². The van der Waals surface area contributed by atoms with Crippen molar-refractivity contribution in [3.63, 3.8) is 0 Å². The predicted octanol–water partition coefficient (Wildman–Crippen LogP) is 3.95. The molecule has 3 N–H and O–H groups in total. The molecule has 0 radical (unpaired) electrons. The molecule has 33 heavy (non-hydrogen) atoms. The van der Waals surface area contributed by atoms with Gasteiger partial charge in [0.2, 0.25) is 0 Å². The maximum Gasteiger partial charge on any atom is 0.189 e. The van der Waals surface area contributed by atoms with E-state index in [2.05, 4.69) is 20.4 Å². The van der Waals surface area contributed by atoms with Crippen LogP contribution in [0.4, 0.5) is 5.82 Å². The number of nitrogens with one attached hydrogen (secondary N) is 1. The van der Waals surface area contributed by atoms with Crippen LogP contribution in [0, 0.1) is 0 Å². The molecular weight excluding hydrogens is 438 g/mol. The lowest BCUT2D eigenvalue weighted by Gasteiger charge is -2.09. The summed E-state index contributed by atoms with van der Waals surface area (Å²) in [5, 5.41) is 6.50. The lowest BCUT2D eigenvalue weighted by atomic mass is 10.1. The van der Waals surface area contributed by atoms with E-state index in [-0.39, 0.29) is 10.7 Å². The monoisotopic (exact) mass is 464 g/mol. The minimum atomic E-state index is -3.36. The molecule has 0 amide bonds. The van der Waals surface area contributed by atoms with Crippen LogP contribution in [0.2, 0.25) is 0 Å². The van der Waals surface area contributed by atoms with E-state index in [1.165, 1.54) is 6.20 Å². The highest BCUT2D eigenvalue weighted by Gasteiger charge is 2.20. The molecule has 0 saturated carbocycles. The van der Waals surface area contributed by atoms with Crippen LogP contribution >= 0.6 is 0 Å². The van der Waals surface area contributed by atoms with Gasteiger partial charge in [0, 0.05) is 25.1 Å². The quantitative estimate of drug-likeness (QED) is 0.421. The molecule has 0 aliphatic rings. The Morgan fingerprint density at radius 1 is 1.06 bits per heavy atom. The minimum absolute atomic E-state index is 0.187. The number of nitrogens with two attached hydrogens (primary N) is 1. The Labute approximate surface area is 194 Å². The van der Waals surface area contributed by atoms with Crippen molar-refractivity contribution in [3.8, 4) is 34.0 Å². The van der Waals surface area contributed by atoms with Crippen molar-refractivity contribution >= 4 is 15.7 Å². The van der Waals surface area contributed by atoms with Gasteiger partial charge in [0.15, 0.2) is 27.1 Å². The fourth-order valence-corrected chi connectivity index (χ4v) is 4.31. The normalized spacial score (nSPS) is 13.2. The second kappa shape index (κ2) is 9.13. The zero-order valence-electron chi connectivity index (χ0n) is 19.5. The molecule has 0 spiro atoms. The third-order valence-electron chi connectivity index (χ3n) is 5.16. The van der Waals surface area contributed by atoms with E-state index in [4.69, 9.17) is 11.6 Å². The van der Waals surface area contributed by atoms with E-state index >= 15 is 0 Å². The van der Waals surface area contributed by atoms with Crippen molar-refractivity contribution in [2.24, 2.45) is 0 Å². The van der Waals surface area contributed by atoms with Crippen molar-refractivity contribution < 1.29 is 14.3 Å². The Kier molecular flexibility index (Phi) is 5.89. The average Bonchev–Trinajstić information content (AvgIpc) is 3.34. The van der Waals surface area contributed by atoms with Gasteiger partial charge in [-0.2, -0.15) is 0 Å². The maximum atomic E-state index is 12.4. The summed E-state index contributed by atoms with van der Waals surface area (Å²) in [6.45, 7) is 2.80. The summed E-state index contributed by atoms with van der Waals surface area (Å²) >= 11 is 0. The summed E-state index contributed by atoms with van der Waals surface area (Å²) in [6, 6.07) is 15.7. The first-order valence-corrected chi connectivity index (χ1v) is 11.9. The Balaban J connectivity index is 1.63. The molecule has 9 heteroatoms. The van der Waals surface area contributed by atoms with Crippen molar-refractivity contribution in [1.29, 1.82) is 0 Å². The van der Waals surface area contributed by atoms with Crippen molar-refractivity contribution in [1.82, 2.24) is 20.4 Å². The summed E-state index contributed by atoms with van der Waals surface area (Å²) in [4.78, 5) is 9.08. The lowest BCUT2D eigenvalue weighted by Crippen LogP contribution is -2.13. The average molecular weight is 465 g/mol. The fourth-order valence-electron chi connectivity index (χ4n) is 3.25. The summed E-state index contributed by atoms with van der Waals surface area (Å²) in [7, 11) is -1.63. The molecule has 2 aromatic heterocycles. The molecule has 0 aliphatic carbocycles. The molecule has 0 fully saturated rings. The van der Waals surface area contributed by atoms with E-state index < -0.39 is 21.6 Å². The number of anilines is 1. The number of hydrogen-bond acceptors (Lipinski definition) is 8. The van der Waals surface area contributed by atoms with Crippen LogP contribution in [0.1, 0.15) is 20.8 Å². The Morgan fingerprint density at radius 3 is 2.33 bits per heavy atom. The fraction of sp³-hybridized carbons (Fsp3) is 0.208. The highest BCUT2D eigenvalue weighted by molar-refractivity contribution is 7.92. The molecule has 4 rings (SSSR count). The lowest BCUT2D eigenvalue weighted by molar-refractivity contribution is 0.434. The Morgan fingerprint density at radius 2 is 1.70 bits per heavy atom. The first kappa shape index (κ1) is 21.3. The molecule has 2 aromatic carbocycles. The number of aromatic nitrogens is 3. The SMILES string of the molecule is [2H]C(NC)c1ccc(-c2cc(-c3nc(-c4ccc(S(=O)(=O)C(C)C)cc4)cnc3N)on2)cc1. The second-order valence-corrected chi connectivity index (χ2v) is 10.2. The number of sulfone groups is 1. The molecule has 1 unspecified atom stereocenters. The van der Waals surface area contributed by atoms with E-state index in [9.17, 15) is 8.42 Å². The highest BCUT2D eigenvalue weighted by Crippen LogP contribution is 2.30. The summed E-state index contributed by atoms with van der Waals surface area (Å²) in [5.74, 6) is 0.547. The molecule has 8 nitrogen and oxygen atoms in total. The first-order chi connectivity index (χ1) is 16.2. The topological polar surface area (TPSA) is 124 Å². The standard InChI is InChI=1S/C24H25N5O3S/c1-15(2)33(30,31)19-10-8-18(9-11-19)21-14-27-24(25)23(28-21)22-12-20(29-32-22)17-6-4-16(5-7-17)13-26-3/h4-12,14-15,26H,13H2,1-3H3,(H2,25,27)/i13D. The van der Waals surface area contributed by atoms with Gasteiger partial charge in [0.25, 0.3) is 0 Å². The Bertz CT molecular complexity index is 1400. The van der Waals surface area contributed by atoms with E-state index in [0.717, 1.165) is 11.1 Å². The van der Waals surface area contributed by atoms with Gasteiger partial charge < -0.3 is 15.6 Å². The smallest absolute Gasteiger partial charge is 0.189 e. The van der Waals surface area contributed by atoms with Crippen molar-refractivity contribution in [2.45, 2.75) is 30.5 Å². The van der Waals surface area contributed by atoms with Crippen LogP contribution in [0.25, 0.3) is 34.0 Å². The number of benzene rings is 2.